The van der Waals surface area contributed by atoms with Gasteiger partial charge in [-0.15, -0.1) is 6.58 Å². The SMILES string of the molecule is C=CCN(CC(=O)OCC)C(=O)C1CSC(=O)N1. The molecule has 1 rings (SSSR count). The number of rotatable bonds is 6. The van der Waals surface area contributed by atoms with E-state index in [1.165, 1.54) is 11.0 Å². The Balaban J connectivity index is 2.59. The maximum Gasteiger partial charge on any atom is 0.325 e. The first-order valence-corrected chi connectivity index (χ1v) is 6.55. The molecule has 1 atom stereocenters. The molecule has 18 heavy (non-hydrogen) atoms. The van der Waals surface area contributed by atoms with Gasteiger partial charge in [-0.2, -0.15) is 0 Å². The van der Waals surface area contributed by atoms with Crippen LogP contribution < -0.4 is 5.32 Å². The van der Waals surface area contributed by atoms with Gasteiger partial charge in [0.15, 0.2) is 0 Å². The lowest BCUT2D eigenvalue weighted by Crippen LogP contribution is -2.47. The molecule has 2 amide bonds. The summed E-state index contributed by atoms with van der Waals surface area (Å²) in [5.74, 6) is -0.375. The van der Waals surface area contributed by atoms with Crippen LogP contribution in [0.2, 0.25) is 0 Å². The first-order valence-electron chi connectivity index (χ1n) is 5.57. The summed E-state index contributed by atoms with van der Waals surface area (Å²) in [4.78, 5) is 35.8. The zero-order valence-electron chi connectivity index (χ0n) is 10.2. The molecule has 0 aromatic rings. The summed E-state index contributed by atoms with van der Waals surface area (Å²) in [6.07, 6.45) is 1.53. The van der Waals surface area contributed by atoms with E-state index in [1.54, 1.807) is 6.92 Å². The van der Waals surface area contributed by atoms with Gasteiger partial charge in [-0.05, 0) is 6.92 Å². The summed E-state index contributed by atoms with van der Waals surface area (Å²) in [6, 6.07) is -0.572. The average molecular weight is 272 g/mol. The minimum absolute atomic E-state index is 0.129. The Morgan fingerprint density at radius 1 is 1.67 bits per heavy atom. The third-order valence-electron chi connectivity index (χ3n) is 2.26. The van der Waals surface area contributed by atoms with Gasteiger partial charge in [-0.3, -0.25) is 14.4 Å². The Morgan fingerprint density at radius 2 is 2.39 bits per heavy atom. The van der Waals surface area contributed by atoms with Crippen LogP contribution in [0.15, 0.2) is 12.7 Å². The maximum absolute atomic E-state index is 12.1. The van der Waals surface area contributed by atoms with Crippen molar-refractivity contribution in [2.75, 3.05) is 25.4 Å². The normalized spacial score (nSPS) is 18.1. The van der Waals surface area contributed by atoms with Crippen molar-refractivity contribution >= 4 is 28.9 Å². The topological polar surface area (TPSA) is 75.7 Å². The molecule has 1 aliphatic heterocycles. The summed E-state index contributed by atoms with van der Waals surface area (Å²) in [5, 5.41) is 2.32. The molecule has 0 bridgehead atoms. The Hall–Kier alpha value is -1.50. The molecule has 6 nitrogen and oxygen atoms in total. The highest BCUT2D eigenvalue weighted by Gasteiger charge is 2.31. The van der Waals surface area contributed by atoms with Crippen LogP contribution in [0.3, 0.4) is 0 Å². The number of nitrogens with zero attached hydrogens (tertiary/aromatic N) is 1. The summed E-state index contributed by atoms with van der Waals surface area (Å²) in [5.41, 5.74) is 0. The van der Waals surface area contributed by atoms with E-state index in [9.17, 15) is 14.4 Å². The van der Waals surface area contributed by atoms with E-state index in [1.807, 2.05) is 0 Å². The minimum Gasteiger partial charge on any atom is -0.465 e. The number of thioether (sulfide) groups is 1. The Labute approximate surface area is 110 Å². The number of carbonyl (C=O) groups is 3. The minimum atomic E-state index is -0.572. The van der Waals surface area contributed by atoms with Crippen LogP contribution in [0.4, 0.5) is 4.79 Å². The highest BCUT2D eigenvalue weighted by Crippen LogP contribution is 2.14. The van der Waals surface area contributed by atoms with Crippen molar-refractivity contribution in [3.8, 4) is 0 Å². The number of amides is 2. The molecule has 0 radical (unpaired) electrons. The average Bonchev–Trinajstić information content (AvgIpc) is 2.75. The maximum atomic E-state index is 12.1. The summed E-state index contributed by atoms with van der Waals surface area (Å²) >= 11 is 1.06. The van der Waals surface area contributed by atoms with Gasteiger partial charge in [-0.25, -0.2) is 0 Å². The van der Waals surface area contributed by atoms with E-state index in [4.69, 9.17) is 4.74 Å². The molecule has 7 heteroatoms. The smallest absolute Gasteiger partial charge is 0.325 e. The zero-order valence-corrected chi connectivity index (χ0v) is 11.0. The van der Waals surface area contributed by atoms with Crippen LogP contribution in [0.1, 0.15) is 6.92 Å². The van der Waals surface area contributed by atoms with Gasteiger partial charge >= 0.3 is 5.97 Å². The van der Waals surface area contributed by atoms with Crippen LogP contribution in [0.5, 0.6) is 0 Å². The highest BCUT2D eigenvalue weighted by atomic mass is 32.2. The summed E-state index contributed by atoms with van der Waals surface area (Å²) in [6.45, 7) is 5.62. The van der Waals surface area contributed by atoms with E-state index >= 15 is 0 Å². The van der Waals surface area contributed by atoms with Gasteiger partial charge in [-0.1, -0.05) is 17.8 Å². The quantitative estimate of drug-likeness (QED) is 0.559. The van der Waals surface area contributed by atoms with Gasteiger partial charge in [0.25, 0.3) is 5.24 Å². The fourth-order valence-electron chi connectivity index (χ4n) is 1.49. The molecular formula is C11H16N2O4S. The van der Waals surface area contributed by atoms with Crippen LogP contribution >= 0.6 is 11.8 Å². The fourth-order valence-corrected chi connectivity index (χ4v) is 2.26. The number of ether oxygens (including phenoxy) is 1. The number of hydrogen-bond donors (Lipinski definition) is 1. The first-order chi connectivity index (χ1) is 8.58. The Morgan fingerprint density at radius 3 is 2.89 bits per heavy atom. The summed E-state index contributed by atoms with van der Waals surface area (Å²) in [7, 11) is 0. The molecule has 100 valence electrons. The van der Waals surface area contributed by atoms with E-state index < -0.39 is 12.0 Å². The molecule has 1 unspecified atom stereocenters. The summed E-state index contributed by atoms with van der Waals surface area (Å²) < 4.78 is 4.79. The van der Waals surface area contributed by atoms with Crippen LogP contribution in [0, 0.1) is 0 Å². The van der Waals surface area contributed by atoms with Crippen molar-refractivity contribution in [3.63, 3.8) is 0 Å². The van der Waals surface area contributed by atoms with Gasteiger partial charge in [0.2, 0.25) is 5.91 Å². The molecule has 1 N–H and O–H groups in total. The van der Waals surface area contributed by atoms with Crippen molar-refractivity contribution in [2.45, 2.75) is 13.0 Å². The fraction of sp³-hybridized carbons (Fsp3) is 0.545. The third kappa shape index (κ3) is 4.06. The lowest BCUT2D eigenvalue weighted by molar-refractivity contribution is -0.148. The lowest BCUT2D eigenvalue weighted by Gasteiger charge is -2.22. The molecule has 1 aliphatic rings. The van der Waals surface area contributed by atoms with Crippen molar-refractivity contribution in [1.29, 1.82) is 0 Å². The van der Waals surface area contributed by atoms with Crippen LogP contribution in [-0.2, 0) is 14.3 Å². The van der Waals surface area contributed by atoms with Crippen molar-refractivity contribution in [2.24, 2.45) is 0 Å². The molecule has 0 aromatic heterocycles. The largest absolute Gasteiger partial charge is 0.465 e. The predicted molar refractivity (Wildman–Crippen MR) is 68.2 cm³/mol. The van der Waals surface area contributed by atoms with Crippen molar-refractivity contribution < 1.29 is 19.1 Å². The predicted octanol–water partition coefficient (Wildman–Crippen LogP) is 0.389. The second kappa shape index (κ2) is 7.05. The van der Waals surface area contributed by atoms with Crippen LogP contribution in [0.25, 0.3) is 0 Å². The number of carbonyl (C=O) groups excluding carboxylic acids is 3. The second-order valence-corrected chi connectivity index (χ2v) is 4.60. The van der Waals surface area contributed by atoms with E-state index in [2.05, 4.69) is 11.9 Å². The monoisotopic (exact) mass is 272 g/mol. The molecule has 0 saturated carbocycles. The molecule has 0 spiro atoms. The van der Waals surface area contributed by atoms with E-state index in [-0.39, 0.29) is 30.8 Å². The number of hydrogen-bond acceptors (Lipinski definition) is 5. The lowest BCUT2D eigenvalue weighted by atomic mass is 10.3. The van der Waals surface area contributed by atoms with Gasteiger partial charge in [0.05, 0.1) is 6.61 Å². The highest BCUT2D eigenvalue weighted by molar-refractivity contribution is 8.14. The van der Waals surface area contributed by atoms with Crippen molar-refractivity contribution in [1.82, 2.24) is 10.2 Å². The molecule has 0 aromatic carbocycles. The van der Waals surface area contributed by atoms with Gasteiger partial charge in [0, 0.05) is 12.3 Å². The molecule has 1 fully saturated rings. The molecule has 1 saturated heterocycles. The van der Waals surface area contributed by atoms with Gasteiger partial charge < -0.3 is 15.0 Å². The Kier molecular flexibility index (Phi) is 5.70. The van der Waals surface area contributed by atoms with Crippen LogP contribution in [-0.4, -0.2) is 53.5 Å². The second-order valence-electron chi connectivity index (χ2n) is 3.61. The molecule has 1 heterocycles. The zero-order chi connectivity index (χ0) is 13.5. The molecule has 0 aliphatic carbocycles. The van der Waals surface area contributed by atoms with Crippen molar-refractivity contribution in [3.05, 3.63) is 12.7 Å². The third-order valence-corrected chi connectivity index (χ3v) is 3.14. The van der Waals surface area contributed by atoms with Gasteiger partial charge in [0.1, 0.15) is 12.6 Å². The van der Waals surface area contributed by atoms with E-state index in [0.717, 1.165) is 11.8 Å². The standard InChI is InChI=1S/C11H16N2O4S/c1-3-5-13(6-9(14)17-4-2)10(15)8-7-18-11(16)12-8/h3,8H,1,4-7H2,2H3,(H,12,16). The molecular weight excluding hydrogens is 256 g/mol. The number of nitrogens with one attached hydrogen (secondary N) is 1. The van der Waals surface area contributed by atoms with E-state index in [0.29, 0.717) is 5.75 Å². The number of esters is 1. The Bertz CT molecular complexity index is 359. The first kappa shape index (κ1) is 14.6.